The van der Waals surface area contributed by atoms with Crippen LogP contribution in [-0.2, 0) is 13.6 Å². The molecule has 0 fully saturated rings. The van der Waals surface area contributed by atoms with E-state index in [1.54, 1.807) is 0 Å². The van der Waals surface area contributed by atoms with Gasteiger partial charge in [0.2, 0.25) is 6.33 Å². The van der Waals surface area contributed by atoms with Gasteiger partial charge >= 0.3 is 0 Å². The van der Waals surface area contributed by atoms with Crippen molar-refractivity contribution >= 4 is 6.21 Å². The van der Waals surface area contributed by atoms with Gasteiger partial charge in [-0.1, -0.05) is 5.16 Å². The van der Waals surface area contributed by atoms with Crippen LogP contribution in [0.25, 0.3) is 0 Å². The Labute approximate surface area is 59.0 Å². The minimum Gasteiger partial charge on any atom is -0.411 e. The molecule has 0 aromatic carbocycles. The van der Waals surface area contributed by atoms with Gasteiger partial charge in [-0.3, -0.25) is 0 Å². The van der Waals surface area contributed by atoms with Crippen LogP contribution in [0.5, 0.6) is 0 Å². The van der Waals surface area contributed by atoms with Crippen molar-refractivity contribution in [1.82, 2.24) is 4.57 Å². The van der Waals surface area contributed by atoms with Gasteiger partial charge in [0.1, 0.15) is 18.9 Å². The highest BCUT2D eigenvalue weighted by molar-refractivity contribution is 5.55. The van der Waals surface area contributed by atoms with E-state index in [-0.39, 0.29) is 0 Å². The second-order valence-electron chi connectivity index (χ2n) is 2.07. The Hall–Kier alpha value is -1.32. The third-order valence-electron chi connectivity index (χ3n) is 1.20. The Balaban J connectivity index is 2.58. The molecule has 54 valence electrons. The fourth-order valence-corrected chi connectivity index (χ4v) is 0.741. The summed E-state index contributed by atoms with van der Waals surface area (Å²) in [6.45, 7) is 0.608. The molecule has 1 aromatic heterocycles. The van der Waals surface area contributed by atoms with Gasteiger partial charge in [0.05, 0.1) is 13.3 Å². The fourth-order valence-electron chi connectivity index (χ4n) is 0.741. The van der Waals surface area contributed by atoms with E-state index in [1.807, 2.05) is 34.9 Å². The minimum atomic E-state index is 0.608. The topological polar surface area (TPSA) is 41.4 Å². The summed E-state index contributed by atoms with van der Waals surface area (Å²) in [5.41, 5.74) is 0. The maximum absolute atomic E-state index is 8.08. The molecule has 0 bridgehead atoms. The van der Waals surface area contributed by atoms with E-state index >= 15 is 0 Å². The average molecular weight is 140 g/mol. The Morgan fingerprint density at radius 3 is 3.10 bits per heavy atom. The van der Waals surface area contributed by atoms with Crippen molar-refractivity contribution in [1.29, 1.82) is 0 Å². The molecule has 0 atom stereocenters. The molecule has 0 amide bonds. The summed E-state index contributed by atoms with van der Waals surface area (Å²) in [5, 5.41) is 11.0. The SMILES string of the molecule is C[n+]1ccn(C/C=N\O)c1. The lowest BCUT2D eigenvalue weighted by Gasteiger charge is -1.83. The van der Waals surface area contributed by atoms with Gasteiger partial charge < -0.3 is 5.21 Å². The second-order valence-corrected chi connectivity index (χ2v) is 2.07. The molecule has 0 saturated heterocycles. The Bertz CT molecular complexity index is 229. The van der Waals surface area contributed by atoms with Crippen molar-refractivity contribution in [2.45, 2.75) is 6.54 Å². The maximum atomic E-state index is 8.08. The summed E-state index contributed by atoms with van der Waals surface area (Å²) in [4.78, 5) is 0. The minimum absolute atomic E-state index is 0.608. The van der Waals surface area contributed by atoms with Gasteiger partial charge in [0.25, 0.3) is 0 Å². The van der Waals surface area contributed by atoms with Gasteiger partial charge in [0, 0.05) is 0 Å². The summed E-state index contributed by atoms with van der Waals surface area (Å²) < 4.78 is 3.82. The zero-order valence-electron chi connectivity index (χ0n) is 5.81. The Morgan fingerprint density at radius 2 is 2.60 bits per heavy atom. The third-order valence-corrected chi connectivity index (χ3v) is 1.20. The lowest BCUT2D eigenvalue weighted by molar-refractivity contribution is -0.671. The molecule has 1 rings (SSSR count). The van der Waals surface area contributed by atoms with Gasteiger partial charge in [-0.05, 0) is 0 Å². The van der Waals surface area contributed by atoms with Crippen LogP contribution in [0.1, 0.15) is 0 Å². The van der Waals surface area contributed by atoms with Crippen molar-refractivity contribution in [3.05, 3.63) is 18.7 Å². The molecule has 1 aromatic rings. The van der Waals surface area contributed by atoms with Crippen LogP contribution >= 0.6 is 0 Å². The molecule has 0 aliphatic carbocycles. The third kappa shape index (κ3) is 1.58. The molecule has 4 nitrogen and oxygen atoms in total. The number of imidazole rings is 1. The first-order valence-electron chi connectivity index (χ1n) is 3.00. The summed E-state index contributed by atoms with van der Waals surface area (Å²) in [6.07, 6.45) is 7.16. The molecule has 10 heavy (non-hydrogen) atoms. The molecule has 0 spiro atoms. The molecule has 1 heterocycles. The summed E-state index contributed by atoms with van der Waals surface area (Å²) >= 11 is 0. The lowest BCUT2D eigenvalue weighted by atomic mass is 10.7. The summed E-state index contributed by atoms with van der Waals surface area (Å²) in [6, 6.07) is 0. The summed E-state index contributed by atoms with van der Waals surface area (Å²) in [5.74, 6) is 0. The molecule has 4 heteroatoms. The first-order chi connectivity index (χ1) is 4.83. The smallest absolute Gasteiger partial charge is 0.243 e. The molecular formula is C6H10N3O+. The van der Waals surface area contributed by atoms with Crippen LogP contribution < -0.4 is 4.57 Å². The quantitative estimate of drug-likeness (QED) is 0.262. The highest BCUT2D eigenvalue weighted by Crippen LogP contribution is 1.79. The fraction of sp³-hybridized carbons (Fsp3) is 0.333. The Morgan fingerprint density at radius 1 is 1.80 bits per heavy atom. The van der Waals surface area contributed by atoms with Gasteiger partial charge in [-0.15, -0.1) is 0 Å². The maximum Gasteiger partial charge on any atom is 0.243 e. The standard InChI is InChI=1S/C6H9N3O/c1-8-4-5-9(6-8)3-2-7-10/h2,4-6H,3H2,1H3/p+1/b7-2-. The first kappa shape index (κ1) is 6.80. The van der Waals surface area contributed by atoms with Gasteiger partial charge in [-0.2, -0.15) is 0 Å². The monoisotopic (exact) mass is 140 g/mol. The van der Waals surface area contributed by atoms with Crippen LogP contribution in [0.2, 0.25) is 0 Å². The molecule has 0 unspecified atom stereocenters. The molecule has 0 saturated carbocycles. The van der Waals surface area contributed by atoms with Crippen LogP contribution in [0, 0.1) is 0 Å². The molecular weight excluding hydrogens is 130 g/mol. The number of rotatable bonds is 2. The van der Waals surface area contributed by atoms with E-state index in [0.29, 0.717) is 6.54 Å². The van der Waals surface area contributed by atoms with Gasteiger partial charge in [-0.25, -0.2) is 9.13 Å². The van der Waals surface area contributed by atoms with E-state index in [2.05, 4.69) is 5.16 Å². The van der Waals surface area contributed by atoms with Crippen molar-refractivity contribution in [2.75, 3.05) is 0 Å². The van der Waals surface area contributed by atoms with Crippen molar-refractivity contribution < 1.29 is 9.77 Å². The highest BCUT2D eigenvalue weighted by atomic mass is 16.4. The predicted molar refractivity (Wildman–Crippen MR) is 35.9 cm³/mol. The normalized spacial score (nSPS) is 10.9. The molecule has 0 aliphatic rings. The van der Waals surface area contributed by atoms with Crippen LogP contribution in [0.15, 0.2) is 23.9 Å². The van der Waals surface area contributed by atoms with E-state index in [1.165, 1.54) is 6.21 Å². The van der Waals surface area contributed by atoms with Crippen molar-refractivity contribution in [3.63, 3.8) is 0 Å². The lowest BCUT2D eigenvalue weighted by Crippen LogP contribution is -2.23. The average Bonchev–Trinajstić information content (AvgIpc) is 2.31. The van der Waals surface area contributed by atoms with E-state index in [0.717, 1.165) is 0 Å². The molecule has 1 N–H and O–H groups in total. The first-order valence-corrected chi connectivity index (χ1v) is 3.00. The number of hydrogen-bond donors (Lipinski definition) is 1. The van der Waals surface area contributed by atoms with Crippen LogP contribution in [-0.4, -0.2) is 16.0 Å². The van der Waals surface area contributed by atoms with Crippen molar-refractivity contribution in [3.8, 4) is 0 Å². The van der Waals surface area contributed by atoms with Crippen LogP contribution in [0.3, 0.4) is 0 Å². The molecule has 0 aliphatic heterocycles. The van der Waals surface area contributed by atoms with E-state index in [4.69, 9.17) is 5.21 Å². The molecule has 0 radical (unpaired) electrons. The Kier molecular flexibility index (Phi) is 2.04. The predicted octanol–water partition coefficient (Wildman–Crippen LogP) is -0.227. The number of oxime groups is 1. The summed E-state index contributed by atoms with van der Waals surface area (Å²) in [7, 11) is 1.94. The zero-order valence-corrected chi connectivity index (χ0v) is 5.81. The van der Waals surface area contributed by atoms with Crippen LogP contribution in [0.4, 0.5) is 0 Å². The number of nitrogens with zero attached hydrogens (tertiary/aromatic N) is 3. The zero-order chi connectivity index (χ0) is 7.40. The van der Waals surface area contributed by atoms with E-state index < -0.39 is 0 Å². The number of hydrogen-bond acceptors (Lipinski definition) is 2. The highest BCUT2D eigenvalue weighted by Gasteiger charge is 1.95. The van der Waals surface area contributed by atoms with Crippen molar-refractivity contribution in [2.24, 2.45) is 12.2 Å². The number of aryl methyl sites for hydroxylation is 1. The van der Waals surface area contributed by atoms with E-state index in [9.17, 15) is 0 Å². The largest absolute Gasteiger partial charge is 0.411 e. The van der Waals surface area contributed by atoms with Gasteiger partial charge in [0.15, 0.2) is 0 Å². The second kappa shape index (κ2) is 3.00. The number of aromatic nitrogens is 2.